The summed E-state index contributed by atoms with van der Waals surface area (Å²) in [6.45, 7) is 3.32. The van der Waals surface area contributed by atoms with E-state index in [1.54, 1.807) is 11.1 Å². The van der Waals surface area contributed by atoms with E-state index in [1.807, 2.05) is 18.2 Å². The van der Waals surface area contributed by atoms with Gasteiger partial charge in [0.25, 0.3) is 0 Å². The minimum atomic E-state index is -0.257. The number of amides is 1. The second-order valence-corrected chi connectivity index (χ2v) is 3.61. The van der Waals surface area contributed by atoms with E-state index >= 15 is 0 Å². The Balaban J connectivity index is 1.79. The van der Waals surface area contributed by atoms with Crippen LogP contribution in [0.3, 0.4) is 0 Å². The third-order valence-corrected chi connectivity index (χ3v) is 2.44. The molecule has 0 radical (unpaired) electrons. The van der Waals surface area contributed by atoms with Gasteiger partial charge < -0.3 is 15.0 Å². The highest BCUT2D eigenvalue weighted by Crippen LogP contribution is 2.01. The van der Waals surface area contributed by atoms with Crippen LogP contribution in [0, 0.1) is 0 Å². The molecule has 1 aromatic heterocycles. The fourth-order valence-electron chi connectivity index (χ4n) is 1.56. The Morgan fingerprint density at radius 1 is 1.44 bits per heavy atom. The lowest BCUT2D eigenvalue weighted by molar-refractivity contribution is 0.0908. The molecule has 1 amide bonds. The summed E-state index contributed by atoms with van der Waals surface area (Å²) in [5.41, 5.74) is 0.769. The maximum Gasteiger partial charge on any atom is 0.410 e. The number of carbonyl (C=O) groups excluding carboxylic acids is 1. The summed E-state index contributed by atoms with van der Waals surface area (Å²) >= 11 is 0. The van der Waals surface area contributed by atoms with Crippen LogP contribution in [0.2, 0.25) is 0 Å². The number of carbonyl (C=O) groups is 1. The van der Waals surface area contributed by atoms with Gasteiger partial charge in [0.1, 0.15) is 6.61 Å². The zero-order valence-corrected chi connectivity index (χ0v) is 9.06. The molecular formula is C11H15N3O2. The molecule has 0 unspecified atom stereocenters. The Kier molecular flexibility index (Phi) is 3.71. The first kappa shape index (κ1) is 10.9. The SMILES string of the molecule is O=C(OCc1ccccn1)N1CCNCC1. The van der Waals surface area contributed by atoms with E-state index in [4.69, 9.17) is 4.74 Å². The fourth-order valence-corrected chi connectivity index (χ4v) is 1.56. The zero-order valence-electron chi connectivity index (χ0n) is 9.06. The molecule has 2 rings (SSSR count). The van der Waals surface area contributed by atoms with E-state index in [-0.39, 0.29) is 12.7 Å². The Bertz CT molecular complexity index is 336. The summed E-state index contributed by atoms with van der Waals surface area (Å²) in [4.78, 5) is 17.4. The number of hydrogen-bond acceptors (Lipinski definition) is 4. The molecule has 1 saturated heterocycles. The van der Waals surface area contributed by atoms with Gasteiger partial charge in [-0.1, -0.05) is 6.07 Å². The number of nitrogens with zero attached hydrogens (tertiary/aromatic N) is 2. The van der Waals surface area contributed by atoms with Crippen LogP contribution in [0.1, 0.15) is 5.69 Å². The molecule has 0 bridgehead atoms. The number of nitrogens with one attached hydrogen (secondary N) is 1. The highest BCUT2D eigenvalue weighted by Gasteiger charge is 2.17. The quantitative estimate of drug-likeness (QED) is 0.795. The van der Waals surface area contributed by atoms with Crippen molar-refractivity contribution < 1.29 is 9.53 Å². The molecule has 2 heterocycles. The van der Waals surface area contributed by atoms with Crippen LogP contribution >= 0.6 is 0 Å². The second kappa shape index (κ2) is 5.46. The van der Waals surface area contributed by atoms with Crippen molar-refractivity contribution >= 4 is 6.09 Å². The molecule has 0 spiro atoms. The predicted molar refractivity (Wildman–Crippen MR) is 58.9 cm³/mol. The Morgan fingerprint density at radius 3 is 2.94 bits per heavy atom. The number of rotatable bonds is 2. The number of piperazine rings is 1. The van der Waals surface area contributed by atoms with Crippen LogP contribution in [0.5, 0.6) is 0 Å². The number of pyridine rings is 1. The van der Waals surface area contributed by atoms with E-state index in [1.165, 1.54) is 0 Å². The van der Waals surface area contributed by atoms with Gasteiger partial charge in [-0.3, -0.25) is 4.98 Å². The Hall–Kier alpha value is -1.62. The smallest absolute Gasteiger partial charge is 0.410 e. The maximum atomic E-state index is 11.6. The summed E-state index contributed by atoms with van der Waals surface area (Å²) < 4.78 is 5.16. The topological polar surface area (TPSA) is 54.5 Å². The Labute approximate surface area is 94.4 Å². The van der Waals surface area contributed by atoms with Crippen molar-refractivity contribution in [3.63, 3.8) is 0 Å². The summed E-state index contributed by atoms with van der Waals surface area (Å²) in [6, 6.07) is 5.55. The van der Waals surface area contributed by atoms with Crippen molar-refractivity contribution in [2.45, 2.75) is 6.61 Å². The molecular weight excluding hydrogens is 206 g/mol. The maximum absolute atomic E-state index is 11.6. The molecule has 1 aliphatic heterocycles. The van der Waals surface area contributed by atoms with E-state index < -0.39 is 0 Å². The second-order valence-electron chi connectivity index (χ2n) is 3.61. The van der Waals surface area contributed by atoms with Crippen LogP contribution in [-0.4, -0.2) is 42.2 Å². The molecule has 1 aromatic rings. The lowest BCUT2D eigenvalue weighted by Gasteiger charge is -2.26. The largest absolute Gasteiger partial charge is 0.443 e. The van der Waals surface area contributed by atoms with Crippen molar-refractivity contribution in [3.05, 3.63) is 30.1 Å². The highest BCUT2D eigenvalue weighted by molar-refractivity contribution is 5.67. The molecule has 0 saturated carbocycles. The van der Waals surface area contributed by atoms with Gasteiger partial charge in [0.05, 0.1) is 5.69 Å². The molecule has 1 fully saturated rings. The minimum Gasteiger partial charge on any atom is -0.443 e. The van der Waals surface area contributed by atoms with Crippen molar-refractivity contribution in [2.75, 3.05) is 26.2 Å². The third kappa shape index (κ3) is 2.93. The standard InChI is InChI=1S/C11H15N3O2/c15-11(14-7-5-12-6-8-14)16-9-10-3-1-2-4-13-10/h1-4,12H,5-9H2. The van der Waals surface area contributed by atoms with Crippen molar-refractivity contribution in [2.24, 2.45) is 0 Å². The van der Waals surface area contributed by atoms with Gasteiger partial charge in [-0.2, -0.15) is 0 Å². The number of hydrogen-bond donors (Lipinski definition) is 1. The van der Waals surface area contributed by atoms with Gasteiger partial charge in [0.2, 0.25) is 0 Å². The molecule has 86 valence electrons. The minimum absolute atomic E-state index is 0.240. The first-order chi connectivity index (χ1) is 7.86. The van der Waals surface area contributed by atoms with E-state index in [2.05, 4.69) is 10.3 Å². The van der Waals surface area contributed by atoms with Gasteiger partial charge in [-0.05, 0) is 12.1 Å². The Morgan fingerprint density at radius 2 is 2.25 bits per heavy atom. The van der Waals surface area contributed by atoms with Gasteiger partial charge in [-0.15, -0.1) is 0 Å². The van der Waals surface area contributed by atoms with Crippen LogP contribution in [0.25, 0.3) is 0 Å². The lowest BCUT2D eigenvalue weighted by Crippen LogP contribution is -2.46. The van der Waals surface area contributed by atoms with Gasteiger partial charge in [0, 0.05) is 32.4 Å². The zero-order chi connectivity index (χ0) is 11.2. The summed E-state index contributed by atoms with van der Waals surface area (Å²) in [7, 11) is 0. The van der Waals surface area contributed by atoms with Gasteiger partial charge in [-0.25, -0.2) is 4.79 Å². The molecule has 16 heavy (non-hydrogen) atoms. The fraction of sp³-hybridized carbons (Fsp3) is 0.455. The van der Waals surface area contributed by atoms with Crippen molar-refractivity contribution in [1.29, 1.82) is 0 Å². The van der Waals surface area contributed by atoms with Gasteiger partial charge >= 0.3 is 6.09 Å². The van der Waals surface area contributed by atoms with Crippen LogP contribution < -0.4 is 5.32 Å². The first-order valence-electron chi connectivity index (χ1n) is 5.38. The third-order valence-electron chi connectivity index (χ3n) is 2.44. The van der Waals surface area contributed by atoms with E-state index in [9.17, 15) is 4.79 Å². The molecule has 0 aliphatic carbocycles. The summed E-state index contributed by atoms with van der Waals surface area (Å²) in [6.07, 6.45) is 1.43. The first-order valence-corrected chi connectivity index (χ1v) is 5.38. The van der Waals surface area contributed by atoms with Crippen molar-refractivity contribution in [3.8, 4) is 0 Å². The normalized spacial score (nSPS) is 15.9. The molecule has 5 heteroatoms. The summed E-state index contributed by atoms with van der Waals surface area (Å²) in [5.74, 6) is 0. The summed E-state index contributed by atoms with van der Waals surface area (Å²) in [5, 5.41) is 3.18. The van der Waals surface area contributed by atoms with Gasteiger partial charge in [0.15, 0.2) is 0 Å². The molecule has 1 aliphatic rings. The number of ether oxygens (including phenoxy) is 1. The lowest BCUT2D eigenvalue weighted by atomic mass is 10.4. The molecule has 1 N–H and O–H groups in total. The molecule has 0 aromatic carbocycles. The molecule has 0 atom stereocenters. The molecule has 5 nitrogen and oxygen atoms in total. The van der Waals surface area contributed by atoms with E-state index in [0.717, 1.165) is 18.8 Å². The van der Waals surface area contributed by atoms with Crippen molar-refractivity contribution in [1.82, 2.24) is 15.2 Å². The predicted octanol–water partition coefficient (Wildman–Crippen LogP) is 0.623. The average Bonchev–Trinajstić information content (AvgIpc) is 2.38. The van der Waals surface area contributed by atoms with Crippen LogP contribution in [-0.2, 0) is 11.3 Å². The van der Waals surface area contributed by atoms with Crippen LogP contribution in [0.15, 0.2) is 24.4 Å². The monoisotopic (exact) mass is 221 g/mol. The number of aromatic nitrogens is 1. The highest BCUT2D eigenvalue weighted by atomic mass is 16.6. The van der Waals surface area contributed by atoms with Crippen LogP contribution in [0.4, 0.5) is 4.79 Å². The van der Waals surface area contributed by atoms with E-state index in [0.29, 0.717) is 13.1 Å². The average molecular weight is 221 g/mol.